The summed E-state index contributed by atoms with van der Waals surface area (Å²) in [7, 11) is 0. The van der Waals surface area contributed by atoms with E-state index in [2.05, 4.69) is 29.1 Å². The summed E-state index contributed by atoms with van der Waals surface area (Å²) in [5, 5.41) is 4.18. The largest absolute Gasteiger partial charge is 0.447 e. The summed E-state index contributed by atoms with van der Waals surface area (Å²) in [6.45, 7) is 7.06. The Bertz CT molecular complexity index is 758. The fraction of sp³-hybridized carbons (Fsp3) is 0.389. The molecule has 0 aliphatic carbocycles. The fourth-order valence-corrected chi connectivity index (χ4v) is 2.54. The number of cyclic esters (lactones) is 1. The number of aromatic nitrogens is 2. The molecule has 1 fully saturated rings. The van der Waals surface area contributed by atoms with Crippen molar-refractivity contribution in [2.45, 2.75) is 33.2 Å². The Morgan fingerprint density at radius 1 is 1.27 bits per heavy atom. The van der Waals surface area contributed by atoms with Crippen LogP contribution >= 0.6 is 23.2 Å². The Hall–Kier alpha value is -2.05. The maximum atomic E-state index is 11.6. The van der Waals surface area contributed by atoms with Crippen molar-refractivity contribution in [1.29, 1.82) is 0 Å². The van der Waals surface area contributed by atoms with Crippen molar-refractivity contribution in [3.63, 3.8) is 0 Å². The minimum atomic E-state index is -0.396. The van der Waals surface area contributed by atoms with E-state index < -0.39 is 6.09 Å². The molecule has 1 N–H and O–H groups in total. The van der Waals surface area contributed by atoms with Gasteiger partial charge in [-0.15, -0.1) is 0 Å². The van der Waals surface area contributed by atoms with Gasteiger partial charge in [-0.25, -0.2) is 9.78 Å². The molecule has 8 heteroatoms. The van der Waals surface area contributed by atoms with Crippen LogP contribution in [0.1, 0.15) is 38.8 Å². The Morgan fingerprint density at radius 3 is 2.62 bits per heavy atom. The van der Waals surface area contributed by atoms with E-state index in [9.17, 15) is 4.79 Å². The summed E-state index contributed by atoms with van der Waals surface area (Å²) < 4.78 is 4.91. The van der Waals surface area contributed by atoms with E-state index in [1.165, 1.54) is 11.3 Å². The molecule has 0 saturated carbocycles. The van der Waals surface area contributed by atoms with Gasteiger partial charge in [0.2, 0.25) is 5.95 Å². The molecule has 2 heterocycles. The first-order chi connectivity index (χ1) is 12.5. The summed E-state index contributed by atoms with van der Waals surface area (Å²) in [6.07, 6.45) is 2.45. The van der Waals surface area contributed by atoms with Gasteiger partial charge in [0, 0.05) is 6.20 Å². The van der Waals surface area contributed by atoms with Crippen molar-refractivity contribution in [2.24, 2.45) is 0 Å². The highest BCUT2D eigenvalue weighted by Crippen LogP contribution is 2.27. The zero-order valence-electron chi connectivity index (χ0n) is 15.0. The van der Waals surface area contributed by atoms with Gasteiger partial charge in [-0.05, 0) is 30.7 Å². The molecule has 1 amide bonds. The molecule has 1 aliphatic heterocycles. The third-order valence-corrected chi connectivity index (χ3v) is 4.21. The molecule has 1 aromatic heterocycles. The smallest absolute Gasteiger partial charge is 0.415 e. The van der Waals surface area contributed by atoms with Crippen LogP contribution in [0, 0.1) is 0 Å². The summed E-state index contributed by atoms with van der Waals surface area (Å²) in [6, 6.07) is 7.01. The van der Waals surface area contributed by atoms with Crippen LogP contribution < -0.4 is 10.2 Å². The number of carbonyl (C=O) groups is 1. The summed E-state index contributed by atoms with van der Waals surface area (Å²) >= 11 is 12.0. The van der Waals surface area contributed by atoms with Crippen molar-refractivity contribution < 1.29 is 9.53 Å². The fourth-order valence-electron chi connectivity index (χ4n) is 2.23. The van der Waals surface area contributed by atoms with Crippen molar-refractivity contribution in [1.82, 2.24) is 9.97 Å². The number of benzene rings is 1. The van der Waals surface area contributed by atoms with Crippen molar-refractivity contribution in [3.8, 4) is 0 Å². The predicted molar refractivity (Wildman–Crippen MR) is 105 cm³/mol. The van der Waals surface area contributed by atoms with E-state index in [0.29, 0.717) is 35.0 Å². The van der Waals surface area contributed by atoms with E-state index in [4.69, 9.17) is 27.9 Å². The minimum Gasteiger partial charge on any atom is -0.447 e. The Labute approximate surface area is 163 Å². The highest BCUT2D eigenvalue weighted by Gasteiger charge is 2.25. The second-order valence-electron chi connectivity index (χ2n) is 5.75. The lowest BCUT2D eigenvalue weighted by atomic mass is 10.1. The number of hydrogen-bond acceptors (Lipinski definition) is 5. The maximum absolute atomic E-state index is 11.6. The van der Waals surface area contributed by atoms with Gasteiger partial charge in [0.15, 0.2) is 0 Å². The zero-order chi connectivity index (χ0) is 19.1. The number of hydrogen-bond donors (Lipinski definition) is 1. The third kappa shape index (κ3) is 5.22. The molecule has 1 atom stereocenters. The molecule has 140 valence electrons. The molecular weight excluding hydrogens is 375 g/mol. The van der Waals surface area contributed by atoms with Gasteiger partial charge in [-0.1, -0.05) is 49.5 Å². The Kier molecular flexibility index (Phi) is 7.48. The zero-order valence-corrected chi connectivity index (χ0v) is 16.5. The second-order valence-corrected chi connectivity index (χ2v) is 6.57. The maximum Gasteiger partial charge on any atom is 0.415 e. The lowest BCUT2D eigenvalue weighted by Crippen LogP contribution is -2.25. The molecule has 1 unspecified atom stereocenters. The summed E-state index contributed by atoms with van der Waals surface area (Å²) in [5.41, 5.74) is 0.953. The van der Waals surface area contributed by atoms with Gasteiger partial charge in [0.1, 0.15) is 12.4 Å². The summed E-state index contributed by atoms with van der Waals surface area (Å²) in [5.74, 6) is 0.923. The molecule has 3 rings (SSSR count). The number of rotatable bonds is 4. The van der Waals surface area contributed by atoms with Crippen LogP contribution in [0.5, 0.6) is 0 Å². The number of ether oxygens (including phenoxy) is 1. The molecular formula is C18H22Cl2N4O2. The van der Waals surface area contributed by atoms with Gasteiger partial charge in [-0.2, -0.15) is 4.98 Å². The minimum absolute atomic E-state index is 0.0782. The molecule has 0 spiro atoms. The van der Waals surface area contributed by atoms with Crippen molar-refractivity contribution in [3.05, 3.63) is 46.1 Å². The first kappa shape index (κ1) is 20.3. The molecule has 0 radical (unpaired) electrons. The van der Waals surface area contributed by atoms with Gasteiger partial charge in [-0.3, -0.25) is 4.90 Å². The Balaban J connectivity index is 0.000000758. The average Bonchev–Trinajstić information content (AvgIpc) is 3.04. The monoisotopic (exact) mass is 396 g/mol. The number of halogens is 2. The number of amides is 1. The van der Waals surface area contributed by atoms with E-state index >= 15 is 0 Å². The quantitative estimate of drug-likeness (QED) is 0.755. The highest BCUT2D eigenvalue weighted by atomic mass is 35.5. The van der Waals surface area contributed by atoms with Crippen LogP contribution in [0.15, 0.2) is 30.5 Å². The predicted octanol–water partition coefficient (Wildman–Crippen LogP) is 5.33. The lowest BCUT2D eigenvalue weighted by molar-refractivity contribution is 0.181. The number of anilines is 2. The van der Waals surface area contributed by atoms with Crippen LogP contribution in [0.2, 0.25) is 10.0 Å². The van der Waals surface area contributed by atoms with Crippen LogP contribution in [0.3, 0.4) is 0 Å². The van der Waals surface area contributed by atoms with Crippen LogP contribution in [0.25, 0.3) is 0 Å². The highest BCUT2D eigenvalue weighted by molar-refractivity contribution is 6.42. The van der Waals surface area contributed by atoms with Gasteiger partial charge < -0.3 is 10.1 Å². The normalized spacial score (nSPS) is 14.3. The van der Waals surface area contributed by atoms with Crippen molar-refractivity contribution in [2.75, 3.05) is 23.4 Å². The van der Waals surface area contributed by atoms with E-state index in [0.717, 1.165) is 5.56 Å². The Morgan fingerprint density at radius 2 is 2.00 bits per heavy atom. The number of nitrogens with zero attached hydrogens (tertiary/aromatic N) is 3. The first-order valence-corrected chi connectivity index (χ1v) is 9.20. The molecule has 26 heavy (non-hydrogen) atoms. The molecule has 6 nitrogen and oxygen atoms in total. The SMILES string of the molecule is CC(Nc1nccc(N2CCOC2=O)n1)c1ccc(Cl)c(Cl)c1.CCC. The lowest BCUT2D eigenvalue weighted by Gasteiger charge is -2.17. The standard InChI is InChI=1S/C15H14Cl2N4O2.C3H8/c1-9(10-2-3-11(16)12(17)8-10)19-14-18-5-4-13(20-14)21-6-7-23-15(21)22;1-3-2/h2-5,8-9H,6-7H2,1H3,(H,18,19,20);3H2,1-2H3. The van der Waals surface area contributed by atoms with E-state index in [1.807, 2.05) is 13.0 Å². The molecule has 1 saturated heterocycles. The summed E-state index contributed by atoms with van der Waals surface area (Å²) in [4.78, 5) is 21.6. The van der Waals surface area contributed by atoms with Gasteiger partial charge in [0.25, 0.3) is 0 Å². The molecule has 2 aromatic rings. The average molecular weight is 397 g/mol. The molecule has 0 bridgehead atoms. The van der Waals surface area contributed by atoms with Crippen LogP contribution in [0.4, 0.5) is 16.6 Å². The topological polar surface area (TPSA) is 67.3 Å². The number of carbonyl (C=O) groups excluding carboxylic acids is 1. The second kappa shape index (κ2) is 9.59. The van der Waals surface area contributed by atoms with Gasteiger partial charge in [0.05, 0.1) is 22.6 Å². The van der Waals surface area contributed by atoms with E-state index in [1.54, 1.807) is 24.4 Å². The molecule has 1 aromatic carbocycles. The van der Waals surface area contributed by atoms with Crippen LogP contribution in [-0.2, 0) is 4.74 Å². The van der Waals surface area contributed by atoms with Crippen molar-refractivity contribution >= 4 is 41.1 Å². The third-order valence-electron chi connectivity index (χ3n) is 3.47. The van der Waals surface area contributed by atoms with Gasteiger partial charge >= 0.3 is 6.09 Å². The van der Waals surface area contributed by atoms with E-state index in [-0.39, 0.29) is 6.04 Å². The number of nitrogens with one attached hydrogen (secondary N) is 1. The molecule has 1 aliphatic rings. The first-order valence-electron chi connectivity index (χ1n) is 8.45. The van der Waals surface area contributed by atoms with Crippen LogP contribution in [-0.4, -0.2) is 29.2 Å².